The molecule has 5 heteroatoms. The number of ketones is 2. The molecule has 136 valence electrons. The maximum absolute atomic E-state index is 12.7. The van der Waals surface area contributed by atoms with Crippen molar-refractivity contribution in [3.05, 3.63) is 35.5 Å². The summed E-state index contributed by atoms with van der Waals surface area (Å²) in [6, 6.07) is 0. The monoisotopic (exact) mass is 346 g/mol. The molecule has 0 saturated heterocycles. The lowest BCUT2D eigenvalue weighted by Crippen LogP contribution is -2.62. The summed E-state index contributed by atoms with van der Waals surface area (Å²) in [6.45, 7) is 8.75. The van der Waals surface area contributed by atoms with E-state index in [0.717, 1.165) is 0 Å². The maximum atomic E-state index is 12.7. The third-order valence-electron chi connectivity index (χ3n) is 6.36. The second-order valence-corrected chi connectivity index (χ2v) is 8.05. The first-order valence-corrected chi connectivity index (χ1v) is 8.73. The van der Waals surface area contributed by atoms with Crippen LogP contribution in [0.25, 0.3) is 0 Å². The molecule has 3 aliphatic rings. The zero-order chi connectivity index (χ0) is 18.7. The molecule has 3 aliphatic carbocycles. The third kappa shape index (κ3) is 2.33. The first-order chi connectivity index (χ1) is 11.6. The van der Waals surface area contributed by atoms with Crippen LogP contribution in [-0.4, -0.2) is 44.7 Å². The highest BCUT2D eigenvalue weighted by Gasteiger charge is 2.65. The lowest BCUT2D eigenvalue weighted by atomic mass is 9.56. The van der Waals surface area contributed by atoms with E-state index in [9.17, 15) is 24.9 Å². The van der Waals surface area contributed by atoms with Crippen molar-refractivity contribution in [2.45, 2.75) is 44.8 Å². The number of aliphatic hydroxyl groups is 3. The van der Waals surface area contributed by atoms with Crippen molar-refractivity contribution in [2.75, 3.05) is 6.61 Å². The van der Waals surface area contributed by atoms with Crippen molar-refractivity contribution in [1.82, 2.24) is 0 Å². The number of carbonyl (C=O) groups is 2. The summed E-state index contributed by atoms with van der Waals surface area (Å²) >= 11 is 0. The van der Waals surface area contributed by atoms with E-state index >= 15 is 0 Å². The summed E-state index contributed by atoms with van der Waals surface area (Å²) in [5.74, 6) is -2.88. The van der Waals surface area contributed by atoms with E-state index in [-0.39, 0.29) is 25.2 Å². The average molecular weight is 346 g/mol. The molecule has 0 aromatic rings. The van der Waals surface area contributed by atoms with Crippen molar-refractivity contribution < 1.29 is 24.9 Å². The highest BCUT2D eigenvalue weighted by atomic mass is 16.3. The van der Waals surface area contributed by atoms with Gasteiger partial charge in [-0.05, 0) is 30.9 Å². The molecule has 0 aromatic carbocycles. The minimum Gasteiger partial charge on any atom is -0.392 e. The Bertz CT molecular complexity index is 718. The Hall–Kier alpha value is -1.56. The summed E-state index contributed by atoms with van der Waals surface area (Å²) in [4.78, 5) is 25.3. The maximum Gasteiger partial charge on any atom is 0.190 e. The average Bonchev–Trinajstić information content (AvgIpc) is 2.69. The molecule has 0 spiro atoms. The van der Waals surface area contributed by atoms with Gasteiger partial charge in [0.25, 0.3) is 0 Å². The Balaban J connectivity index is 2.26. The van der Waals surface area contributed by atoms with Gasteiger partial charge in [-0.15, -0.1) is 0 Å². The molecule has 0 heterocycles. The Kier molecular flexibility index (Phi) is 4.18. The summed E-state index contributed by atoms with van der Waals surface area (Å²) in [7, 11) is 0. The predicted octanol–water partition coefficient (Wildman–Crippen LogP) is 1.33. The molecule has 0 aromatic heterocycles. The zero-order valence-electron chi connectivity index (χ0n) is 15.0. The fourth-order valence-electron chi connectivity index (χ4n) is 5.13. The van der Waals surface area contributed by atoms with Crippen molar-refractivity contribution in [1.29, 1.82) is 0 Å². The van der Waals surface area contributed by atoms with E-state index in [1.54, 1.807) is 32.9 Å². The Morgan fingerprint density at radius 3 is 2.52 bits per heavy atom. The van der Waals surface area contributed by atoms with Crippen LogP contribution in [-0.2, 0) is 9.59 Å². The molecule has 3 N–H and O–H groups in total. The van der Waals surface area contributed by atoms with E-state index in [4.69, 9.17) is 0 Å². The summed E-state index contributed by atoms with van der Waals surface area (Å²) in [5, 5.41) is 32.7. The van der Waals surface area contributed by atoms with Crippen LogP contribution in [0, 0.1) is 23.7 Å². The van der Waals surface area contributed by atoms with Crippen LogP contribution in [0.4, 0.5) is 0 Å². The SMILES string of the molecule is C=C(C)[C@@H]1C(=O)CC(C)[C@@]2(O)C1C=C(CO)C[C@]1(O)C(=O)C(C)=CC21. The molecule has 6 atom stereocenters. The van der Waals surface area contributed by atoms with Crippen LogP contribution in [0.5, 0.6) is 0 Å². The highest BCUT2D eigenvalue weighted by molar-refractivity contribution is 6.05. The second kappa shape index (κ2) is 5.73. The number of allylic oxidation sites excluding steroid dienone is 1. The molecular weight excluding hydrogens is 320 g/mol. The molecule has 3 rings (SSSR count). The highest BCUT2D eigenvalue weighted by Crippen LogP contribution is 2.56. The van der Waals surface area contributed by atoms with Gasteiger partial charge in [-0.2, -0.15) is 0 Å². The number of rotatable bonds is 2. The van der Waals surface area contributed by atoms with Crippen molar-refractivity contribution >= 4 is 11.6 Å². The molecule has 3 unspecified atom stereocenters. The molecule has 0 amide bonds. The fraction of sp³-hybridized carbons (Fsp3) is 0.600. The van der Waals surface area contributed by atoms with Crippen molar-refractivity contribution in [3.63, 3.8) is 0 Å². The quantitative estimate of drug-likeness (QED) is 0.656. The van der Waals surface area contributed by atoms with Crippen LogP contribution in [0.1, 0.15) is 33.6 Å². The molecule has 1 saturated carbocycles. The van der Waals surface area contributed by atoms with E-state index in [1.165, 1.54) is 0 Å². The molecule has 0 radical (unpaired) electrons. The fourth-order valence-corrected chi connectivity index (χ4v) is 5.13. The van der Waals surface area contributed by atoms with Gasteiger partial charge in [0.2, 0.25) is 0 Å². The third-order valence-corrected chi connectivity index (χ3v) is 6.36. The van der Waals surface area contributed by atoms with Crippen LogP contribution < -0.4 is 0 Å². The van der Waals surface area contributed by atoms with Crippen LogP contribution in [0.15, 0.2) is 35.5 Å². The van der Waals surface area contributed by atoms with Gasteiger partial charge in [0.1, 0.15) is 11.4 Å². The molecule has 0 bridgehead atoms. The van der Waals surface area contributed by atoms with Crippen molar-refractivity contribution in [3.8, 4) is 0 Å². The molecule has 25 heavy (non-hydrogen) atoms. The molecular formula is C20H26O5. The number of hydrogen-bond donors (Lipinski definition) is 3. The minimum absolute atomic E-state index is 0.00122. The topological polar surface area (TPSA) is 94.8 Å². The Morgan fingerprint density at radius 1 is 1.32 bits per heavy atom. The van der Waals surface area contributed by atoms with E-state index in [0.29, 0.717) is 16.7 Å². The van der Waals surface area contributed by atoms with Gasteiger partial charge in [0.05, 0.1) is 12.2 Å². The number of aliphatic hydroxyl groups excluding tert-OH is 1. The van der Waals surface area contributed by atoms with Crippen LogP contribution in [0.3, 0.4) is 0 Å². The minimum atomic E-state index is -1.78. The van der Waals surface area contributed by atoms with E-state index < -0.39 is 40.7 Å². The van der Waals surface area contributed by atoms with Gasteiger partial charge in [0, 0.05) is 30.6 Å². The summed E-state index contributed by atoms with van der Waals surface area (Å²) < 4.78 is 0. The zero-order valence-corrected chi connectivity index (χ0v) is 15.0. The molecule has 5 nitrogen and oxygen atoms in total. The molecule has 1 fully saturated rings. The lowest BCUT2D eigenvalue weighted by molar-refractivity contribution is -0.176. The van der Waals surface area contributed by atoms with Gasteiger partial charge < -0.3 is 15.3 Å². The number of hydrogen-bond acceptors (Lipinski definition) is 5. The molecule has 0 aliphatic heterocycles. The van der Waals surface area contributed by atoms with Gasteiger partial charge in [-0.3, -0.25) is 9.59 Å². The lowest BCUT2D eigenvalue weighted by Gasteiger charge is -2.51. The van der Waals surface area contributed by atoms with E-state index in [1.807, 2.05) is 0 Å². The summed E-state index contributed by atoms with van der Waals surface area (Å²) in [5.41, 5.74) is -1.72. The number of Topliss-reactive ketones (excluding diaryl/α,β-unsaturated/α-hetero) is 2. The largest absolute Gasteiger partial charge is 0.392 e. The normalized spacial score (nSPS) is 43.8. The Morgan fingerprint density at radius 2 is 1.96 bits per heavy atom. The standard InChI is InChI=1S/C20H26O5/c1-10(2)17-14-7-13(9-21)8-19(24)16(5-11(3)18(19)23)20(14,25)12(4)6-15(17)22/h5,7,12,14,16-17,21,24-25H,1,6,8-9H2,2-4H3/t12?,14?,16?,17-,19+,20+/m0/s1. The van der Waals surface area contributed by atoms with Crippen LogP contribution >= 0.6 is 0 Å². The summed E-state index contributed by atoms with van der Waals surface area (Å²) in [6.07, 6.45) is 3.47. The predicted molar refractivity (Wildman–Crippen MR) is 92.5 cm³/mol. The van der Waals surface area contributed by atoms with Gasteiger partial charge in [0.15, 0.2) is 5.78 Å². The smallest absolute Gasteiger partial charge is 0.190 e. The van der Waals surface area contributed by atoms with Crippen molar-refractivity contribution in [2.24, 2.45) is 23.7 Å². The first-order valence-electron chi connectivity index (χ1n) is 8.73. The van der Waals surface area contributed by atoms with Crippen LogP contribution in [0.2, 0.25) is 0 Å². The first kappa shape index (κ1) is 18.2. The Labute approximate surface area is 147 Å². The van der Waals surface area contributed by atoms with Gasteiger partial charge >= 0.3 is 0 Å². The number of carbonyl (C=O) groups excluding carboxylic acids is 2. The number of fused-ring (bicyclic) bond motifs is 3. The van der Waals surface area contributed by atoms with Gasteiger partial charge in [-0.1, -0.05) is 31.2 Å². The van der Waals surface area contributed by atoms with Gasteiger partial charge in [-0.25, -0.2) is 0 Å². The van der Waals surface area contributed by atoms with E-state index in [2.05, 4.69) is 6.58 Å². The second-order valence-electron chi connectivity index (χ2n) is 8.05.